The van der Waals surface area contributed by atoms with E-state index in [1.54, 1.807) is 0 Å². The third-order valence-electron chi connectivity index (χ3n) is 4.73. The lowest BCUT2D eigenvalue weighted by molar-refractivity contribution is 0.186. The highest BCUT2D eigenvalue weighted by Gasteiger charge is 2.13. The SMILES string of the molecule is CCCCNC(=O)n1c(N)nc2ccccc21.COC(=O)Nc1nc2cccc(C)c2[nH]1. The van der Waals surface area contributed by atoms with Gasteiger partial charge in [-0.05, 0) is 37.1 Å². The maximum absolute atomic E-state index is 11.9. The molecule has 2 heterocycles. The Morgan fingerprint density at radius 2 is 1.88 bits per heavy atom. The molecule has 0 aliphatic rings. The minimum absolute atomic E-state index is 0.218. The van der Waals surface area contributed by atoms with Crippen LogP contribution in [0.3, 0.4) is 0 Å². The number of aromatic nitrogens is 4. The summed E-state index contributed by atoms with van der Waals surface area (Å²) < 4.78 is 5.88. The van der Waals surface area contributed by atoms with Crippen LogP contribution in [0.4, 0.5) is 21.5 Å². The molecule has 0 fully saturated rings. The molecular formula is C22H27N7O3. The summed E-state index contributed by atoms with van der Waals surface area (Å²) >= 11 is 0. The highest BCUT2D eigenvalue weighted by atomic mass is 16.5. The van der Waals surface area contributed by atoms with E-state index in [4.69, 9.17) is 5.73 Å². The number of nitrogen functional groups attached to an aromatic ring is 1. The maximum atomic E-state index is 11.9. The van der Waals surface area contributed by atoms with Crippen molar-refractivity contribution >= 4 is 46.1 Å². The van der Waals surface area contributed by atoms with E-state index < -0.39 is 6.09 Å². The van der Waals surface area contributed by atoms with Gasteiger partial charge in [0.15, 0.2) is 0 Å². The van der Waals surface area contributed by atoms with Crippen LogP contribution in [0.25, 0.3) is 22.1 Å². The number of unbranched alkanes of at least 4 members (excludes halogenated alkanes) is 1. The average Bonchev–Trinajstić information content (AvgIpc) is 3.34. The summed E-state index contributed by atoms with van der Waals surface area (Å²) in [6.07, 6.45) is 1.46. The third-order valence-corrected chi connectivity index (χ3v) is 4.73. The van der Waals surface area contributed by atoms with E-state index in [1.165, 1.54) is 11.7 Å². The molecule has 5 N–H and O–H groups in total. The molecule has 4 rings (SSSR count). The van der Waals surface area contributed by atoms with Crippen LogP contribution < -0.4 is 16.4 Å². The van der Waals surface area contributed by atoms with Gasteiger partial charge in [-0.2, -0.15) is 0 Å². The van der Waals surface area contributed by atoms with E-state index in [1.807, 2.05) is 49.4 Å². The van der Waals surface area contributed by atoms with Crippen molar-refractivity contribution in [1.29, 1.82) is 0 Å². The van der Waals surface area contributed by atoms with Gasteiger partial charge in [-0.15, -0.1) is 0 Å². The van der Waals surface area contributed by atoms with Gasteiger partial charge in [0, 0.05) is 6.54 Å². The number of fused-ring (bicyclic) bond motifs is 2. The second-order valence-corrected chi connectivity index (χ2v) is 7.05. The fourth-order valence-corrected chi connectivity index (χ4v) is 3.09. The zero-order valence-corrected chi connectivity index (χ0v) is 18.3. The number of aryl methyl sites for hydroxylation is 1. The minimum atomic E-state index is -0.535. The number of nitrogens with two attached hydrogens (primary N) is 1. The Kier molecular flexibility index (Phi) is 7.27. The molecule has 32 heavy (non-hydrogen) atoms. The molecule has 0 aliphatic heterocycles. The number of amides is 2. The van der Waals surface area contributed by atoms with Crippen LogP contribution in [0.2, 0.25) is 0 Å². The Hall–Kier alpha value is -4.08. The first-order valence-corrected chi connectivity index (χ1v) is 10.3. The number of imidazole rings is 2. The number of hydrogen-bond acceptors (Lipinski definition) is 6. The smallest absolute Gasteiger partial charge is 0.413 e. The molecule has 0 spiro atoms. The maximum Gasteiger partial charge on any atom is 0.413 e. The van der Waals surface area contributed by atoms with E-state index in [0.29, 0.717) is 12.5 Å². The monoisotopic (exact) mass is 437 g/mol. The number of ether oxygens (including phenoxy) is 1. The van der Waals surface area contributed by atoms with Crippen molar-refractivity contribution in [1.82, 2.24) is 24.8 Å². The molecule has 2 aromatic heterocycles. The van der Waals surface area contributed by atoms with Gasteiger partial charge in [0.25, 0.3) is 0 Å². The lowest BCUT2D eigenvalue weighted by Gasteiger charge is -2.06. The Labute approximate surface area is 185 Å². The molecule has 10 nitrogen and oxygen atoms in total. The van der Waals surface area contributed by atoms with Gasteiger partial charge < -0.3 is 20.8 Å². The molecule has 0 unspecified atom stereocenters. The van der Waals surface area contributed by atoms with Crippen LogP contribution in [0.15, 0.2) is 42.5 Å². The summed E-state index contributed by atoms with van der Waals surface area (Å²) in [5.41, 5.74) is 10.0. The summed E-state index contributed by atoms with van der Waals surface area (Å²) in [5, 5.41) is 5.30. The zero-order chi connectivity index (χ0) is 23.1. The number of H-pyrrole nitrogens is 1. The number of benzene rings is 2. The standard InChI is InChI=1S/C12H16N4O.C10H11N3O2/c1-2-3-8-14-12(17)16-10-7-5-4-6-9(10)15-11(16)13;1-6-4-3-5-7-8(6)12-9(11-7)13-10(14)15-2/h4-7H,2-3,8H2,1H3,(H2,13,15)(H,14,17);3-5H,1-2H3,(H2,11,12,13,14). The molecule has 0 aliphatic carbocycles. The molecule has 10 heteroatoms. The normalized spacial score (nSPS) is 10.5. The summed E-state index contributed by atoms with van der Waals surface area (Å²) in [6.45, 7) is 4.71. The average molecular weight is 438 g/mol. The Bertz CT molecular complexity index is 1230. The second-order valence-electron chi connectivity index (χ2n) is 7.05. The van der Waals surface area contributed by atoms with Crippen molar-refractivity contribution < 1.29 is 14.3 Å². The van der Waals surface area contributed by atoms with E-state index in [9.17, 15) is 9.59 Å². The minimum Gasteiger partial charge on any atom is -0.453 e. The van der Waals surface area contributed by atoms with Crippen molar-refractivity contribution in [3.05, 3.63) is 48.0 Å². The number of aromatic amines is 1. The Morgan fingerprint density at radius 1 is 1.12 bits per heavy atom. The van der Waals surface area contributed by atoms with E-state index in [0.717, 1.165) is 40.5 Å². The molecule has 0 atom stereocenters. The summed E-state index contributed by atoms with van der Waals surface area (Å²) in [4.78, 5) is 34.2. The van der Waals surface area contributed by atoms with Crippen molar-refractivity contribution in [2.75, 3.05) is 24.7 Å². The predicted molar refractivity (Wildman–Crippen MR) is 125 cm³/mol. The van der Waals surface area contributed by atoms with Crippen LogP contribution in [-0.2, 0) is 4.74 Å². The van der Waals surface area contributed by atoms with E-state index in [2.05, 4.69) is 37.2 Å². The highest BCUT2D eigenvalue weighted by molar-refractivity contribution is 5.92. The zero-order valence-electron chi connectivity index (χ0n) is 18.3. The summed E-state index contributed by atoms with van der Waals surface area (Å²) in [5.74, 6) is 0.617. The summed E-state index contributed by atoms with van der Waals surface area (Å²) in [6, 6.07) is 12.9. The number of hydrogen-bond donors (Lipinski definition) is 4. The Morgan fingerprint density at radius 3 is 2.59 bits per heavy atom. The van der Waals surface area contributed by atoms with Gasteiger partial charge in [-0.25, -0.2) is 24.1 Å². The highest BCUT2D eigenvalue weighted by Crippen LogP contribution is 2.18. The first-order valence-electron chi connectivity index (χ1n) is 10.3. The fraction of sp³-hybridized carbons (Fsp3) is 0.273. The second kappa shape index (κ2) is 10.3. The molecule has 0 bridgehead atoms. The van der Waals surface area contributed by atoms with Gasteiger partial charge in [-0.3, -0.25) is 5.32 Å². The van der Waals surface area contributed by atoms with Crippen LogP contribution in [0, 0.1) is 6.92 Å². The van der Waals surface area contributed by atoms with Gasteiger partial charge in [0.1, 0.15) is 0 Å². The molecule has 0 saturated carbocycles. The lowest BCUT2D eigenvalue weighted by Crippen LogP contribution is -2.30. The molecular weight excluding hydrogens is 410 g/mol. The molecule has 2 aromatic carbocycles. The van der Waals surface area contributed by atoms with Gasteiger partial charge in [0.05, 0.1) is 29.2 Å². The molecule has 0 radical (unpaired) electrons. The molecule has 168 valence electrons. The first kappa shape index (κ1) is 22.6. The quantitative estimate of drug-likeness (QED) is 0.355. The number of para-hydroxylation sites is 3. The van der Waals surface area contributed by atoms with Gasteiger partial charge in [0.2, 0.25) is 11.9 Å². The molecule has 0 saturated heterocycles. The van der Waals surface area contributed by atoms with Crippen molar-refractivity contribution in [3.63, 3.8) is 0 Å². The lowest BCUT2D eigenvalue weighted by atomic mass is 10.2. The van der Waals surface area contributed by atoms with Crippen molar-refractivity contribution in [2.45, 2.75) is 26.7 Å². The predicted octanol–water partition coefficient (Wildman–Crippen LogP) is 4.03. The number of methoxy groups -OCH3 is 1. The number of carbonyl (C=O) groups excluding carboxylic acids is 2. The van der Waals surface area contributed by atoms with Crippen molar-refractivity contribution in [2.24, 2.45) is 0 Å². The number of nitrogens with zero attached hydrogens (tertiary/aromatic N) is 3. The first-order chi connectivity index (χ1) is 15.4. The molecule has 2 amide bonds. The topological polar surface area (TPSA) is 140 Å². The van der Waals surface area contributed by atoms with Crippen molar-refractivity contribution in [3.8, 4) is 0 Å². The van der Waals surface area contributed by atoms with E-state index >= 15 is 0 Å². The van der Waals surface area contributed by atoms with Crippen LogP contribution >= 0.6 is 0 Å². The largest absolute Gasteiger partial charge is 0.453 e. The van der Waals surface area contributed by atoms with Gasteiger partial charge >= 0.3 is 12.1 Å². The Balaban J connectivity index is 0.000000182. The van der Waals surface area contributed by atoms with Crippen LogP contribution in [0.5, 0.6) is 0 Å². The number of carbonyl (C=O) groups is 2. The van der Waals surface area contributed by atoms with E-state index in [-0.39, 0.29) is 12.0 Å². The van der Waals surface area contributed by atoms with Crippen LogP contribution in [-0.4, -0.2) is 45.3 Å². The number of nitrogens with one attached hydrogen (secondary N) is 3. The number of rotatable bonds is 4. The van der Waals surface area contributed by atoms with Crippen LogP contribution in [0.1, 0.15) is 25.3 Å². The summed E-state index contributed by atoms with van der Waals surface area (Å²) in [7, 11) is 1.31. The third kappa shape index (κ3) is 5.15. The molecule has 4 aromatic rings. The number of anilines is 2. The fourth-order valence-electron chi connectivity index (χ4n) is 3.09. The van der Waals surface area contributed by atoms with Gasteiger partial charge in [-0.1, -0.05) is 37.6 Å².